The number of ether oxygens (including phenoxy) is 2. The van der Waals surface area contributed by atoms with E-state index in [9.17, 15) is 4.79 Å². The molecule has 1 aromatic rings. The molecule has 4 nitrogen and oxygen atoms in total. The summed E-state index contributed by atoms with van der Waals surface area (Å²) in [6.07, 6.45) is 5.70. The number of hydrogen-bond acceptors (Lipinski definition) is 4. The molecule has 3 aliphatic heterocycles. The predicted octanol–water partition coefficient (Wildman–Crippen LogP) is 2.16. The molecule has 1 saturated heterocycles. The number of carbonyl (C=O) groups excluding carboxylic acids is 1. The third kappa shape index (κ3) is 1.41. The lowest BCUT2D eigenvalue weighted by Gasteiger charge is -2.50. The van der Waals surface area contributed by atoms with Crippen LogP contribution in [0.2, 0.25) is 0 Å². The fourth-order valence-electron chi connectivity index (χ4n) is 4.55. The summed E-state index contributed by atoms with van der Waals surface area (Å²) < 4.78 is 11.1. The number of carbonyl (C=O) groups is 1. The molecule has 0 radical (unpaired) electrons. The minimum Gasteiger partial charge on any atom is -0.454 e. The number of benzene rings is 1. The Morgan fingerprint density at radius 2 is 1.95 bits per heavy atom. The first-order chi connectivity index (χ1) is 10.3. The van der Waals surface area contributed by atoms with Crippen LogP contribution < -0.4 is 9.47 Å². The van der Waals surface area contributed by atoms with Gasteiger partial charge in [0.15, 0.2) is 17.3 Å². The molecule has 1 aliphatic carbocycles. The highest BCUT2D eigenvalue weighted by Crippen LogP contribution is 2.53. The van der Waals surface area contributed by atoms with Crippen LogP contribution in [0.1, 0.15) is 30.4 Å². The van der Waals surface area contributed by atoms with Crippen LogP contribution in [0.25, 0.3) is 0 Å². The summed E-state index contributed by atoms with van der Waals surface area (Å²) in [6.45, 7) is 2.41. The Balaban J connectivity index is 1.75. The third-order valence-corrected chi connectivity index (χ3v) is 5.41. The second-order valence-electron chi connectivity index (χ2n) is 6.38. The molecule has 4 aliphatic rings. The van der Waals surface area contributed by atoms with Gasteiger partial charge in [-0.3, -0.25) is 9.69 Å². The first kappa shape index (κ1) is 11.8. The fourth-order valence-corrected chi connectivity index (χ4v) is 4.55. The number of nitrogens with zero attached hydrogens (tertiary/aromatic N) is 1. The first-order valence-electron chi connectivity index (χ1n) is 7.69. The van der Waals surface area contributed by atoms with Crippen molar-refractivity contribution in [3.05, 3.63) is 34.9 Å². The van der Waals surface area contributed by atoms with E-state index in [-0.39, 0.29) is 11.3 Å². The summed E-state index contributed by atoms with van der Waals surface area (Å²) in [5, 5.41) is 0. The Morgan fingerprint density at radius 1 is 1.10 bits per heavy atom. The molecule has 1 atom stereocenters. The summed E-state index contributed by atoms with van der Waals surface area (Å²) in [4.78, 5) is 14.7. The largest absolute Gasteiger partial charge is 0.454 e. The standard InChI is InChI=1S/C17H17NO3/c19-13-7-12-2-1-4-18-5-3-11-6-15-16(21-10-20-15)8-14(11)17(12,18)9-13/h6-8H,1-5,9-10H2. The van der Waals surface area contributed by atoms with Gasteiger partial charge >= 0.3 is 0 Å². The van der Waals surface area contributed by atoms with Crippen LogP contribution in [-0.4, -0.2) is 30.6 Å². The van der Waals surface area contributed by atoms with Gasteiger partial charge < -0.3 is 9.47 Å². The predicted molar refractivity (Wildman–Crippen MR) is 76.5 cm³/mol. The summed E-state index contributed by atoms with van der Waals surface area (Å²) in [6, 6.07) is 4.25. The number of rotatable bonds is 0. The minimum atomic E-state index is -0.191. The molecule has 1 spiro atoms. The van der Waals surface area contributed by atoms with Crippen molar-refractivity contribution < 1.29 is 14.3 Å². The van der Waals surface area contributed by atoms with Gasteiger partial charge in [-0.2, -0.15) is 0 Å². The van der Waals surface area contributed by atoms with Crippen LogP contribution in [0.4, 0.5) is 0 Å². The topological polar surface area (TPSA) is 38.8 Å². The van der Waals surface area contributed by atoms with Crippen molar-refractivity contribution in [2.24, 2.45) is 0 Å². The average Bonchev–Trinajstić information content (AvgIpc) is 3.06. The van der Waals surface area contributed by atoms with Crippen molar-refractivity contribution in [2.75, 3.05) is 19.9 Å². The van der Waals surface area contributed by atoms with Gasteiger partial charge in [-0.1, -0.05) is 0 Å². The Morgan fingerprint density at radius 3 is 2.86 bits per heavy atom. The van der Waals surface area contributed by atoms with E-state index in [0.29, 0.717) is 13.2 Å². The summed E-state index contributed by atoms with van der Waals surface area (Å²) in [5.41, 5.74) is 3.70. The second kappa shape index (κ2) is 3.89. The number of piperidine rings is 1. The van der Waals surface area contributed by atoms with Gasteiger partial charge in [-0.25, -0.2) is 0 Å². The normalized spacial score (nSPS) is 29.7. The first-order valence-corrected chi connectivity index (χ1v) is 7.69. The van der Waals surface area contributed by atoms with Gasteiger partial charge in [-0.05, 0) is 60.7 Å². The zero-order valence-corrected chi connectivity index (χ0v) is 11.9. The molecule has 4 heteroatoms. The molecule has 21 heavy (non-hydrogen) atoms. The zero-order valence-electron chi connectivity index (χ0n) is 11.9. The second-order valence-corrected chi connectivity index (χ2v) is 6.38. The molecular formula is C17H17NO3. The Labute approximate surface area is 123 Å². The molecule has 0 amide bonds. The van der Waals surface area contributed by atoms with Crippen LogP contribution in [0, 0.1) is 0 Å². The van der Waals surface area contributed by atoms with Crippen molar-refractivity contribution in [1.82, 2.24) is 4.90 Å². The number of hydrogen-bond donors (Lipinski definition) is 0. The maximum Gasteiger partial charge on any atom is 0.231 e. The Hall–Kier alpha value is -1.81. The zero-order chi connectivity index (χ0) is 14.0. The third-order valence-electron chi connectivity index (χ3n) is 5.41. The molecule has 5 rings (SSSR count). The molecule has 0 aromatic heterocycles. The summed E-state index contributed by atoms with van der Waals surface area (Å²) in [5.74, 6) is 1.95. The molecule has 1 aromatic carbocycles. The highest BCUT2D eigenvalue weighted by molar-refractivity contribution is 5.96. The molecule has 0 bridgehead atoms. The average molecular weight is 283 g/mol. The van der Waals surface area contributed by atoms with E-state index in [4.69, 9.17) is 9.47 Å². The monoisotopic (exact) mass is 283 g/mol. The maximum absolute atomic E-state index is 12.1. The van der Waals surface area contributed by atoms with Gasteiger partial charge in [0, 0.05) is 13.0 Å². The number of fused-ring (bicyclic) bond motifs is 2. The molecule has 108 valence electrons. The highest BCUT2D eigenvalue weighted by Gasteiger charge is 2.51. The molecule has 3 heterocycles. The Bertz CT molecular complexity index is 694. The lowest BCUT2D eigenvalue weighted by Crippen LogP contribution is -2.53. The van der Waals surface area contributed by atoms with Gasteiger partial charge in [-0.15, -0.1) is 0 Å². The van der Waals surface area contributed by atoms with E-state index >= 15 is 0 Å². The number of allylic oxidation sites excluding steroid dienone is 1. The lowest BCUT2D eigenvalue weighted by molar-refractivity contribution is -0.116. The maximum atomic E-state index is 12.1. The molecule has 1 unspecified atom stereocenters. The van der Waals surface area contributed by atoms with E-state index < -0.39 is 0 Å². The van der Waals surface area contributed by atoms with Crippen molar-refractivity contribution in [3.8, 4) is 11.5 Å². The lowest BCUT2D eigenvalue weighted by atomic mass is 9.72. The molecular weight excluding hydrogens is 266 g/mol. The van der Waals surface area contributed by atoms with Crippen molar-refractivity contribution in [1.29, 1.82) is 0 Å². The van der Waals surface area contributed by atoms with Crippen LogP contribution in [-0.2, 0) is 16.8 Å². The summed E-state index contributed by atoms with van der Waals surface area (Å²) >= 11 is 0. The van der Waals surface area contributed by atoms with E-state index in [1.807, 2.05) is 6.08 Å². The SMILES string of the molecule is O=C1C=C2CCCN3CCc4cc5c(cc4C23C1)OCO5. The van der Waals surface area contributed by atoms with Gasteiger partial charge in [0.05, 0.1) is 5.54 Å². The highest BCUT2D eigenvalue weighted by atomic mass is 16.7. The van der Waals surface area contributed by atoms with Crippen LogP contribution in [0.3, 0.4) is 0 Å². The van der Waals surface area contributed by atoms with Crippen LogP contribution in [0.15, 0.2) is 23.8 Å². The van der Waals surface area contributed by atoms with Crippen molar-refractivity contribution in [3.63, 3.8) is 0 Å². The quantitative estimate of drug-likeness (QED) is 0.731. The summed E-state index contributed by atoms with van der Waals surface area (Å²) in [7, 11) is 0. The Kier molecular flexibility index (Phi) is 2.19. The molecule has 0 saturated carbocycles. The van der Waals surface area contributed by atoms with Gasteiger partial charge in [0.2, 0.25) is 6.79 Å². The van der Waals surface area contributed by atoms with E-state index in [0.717, 1.165) is 43.9 Å². The van der Waals surface area contributed by atoms with E-state index in [1.165, 1.54) is 16.7 Å². The van der Waals surface area contributed by atoms with Crippen molar-refractivity contribution >= 4 is 5.78 Å². The van der Waals surface area contributed by atoms with Crippen LogP contribution in [0.5, 0.6) is 11.5 Å². The smallest absolute Gasteiger partial charge is 0.231 e. The van der Waals surface area contributed by atoms with Gasteiger partial charge in [0.1, 0.15) is 0 Å². The van der Waals surface area contributed by atoms with Gasteiger partial charge in [0.25, 0.3) is 0 Å². The van der Waals surface area contributed by atoms with Crippen LogP contribution >= 0.6 is 0 Å². The van der Waals surface area contributed by atoms with E-state index in [1.54, 1.807) is 0 Å². The van der Waals surface area contributed by atoms with E-state index in [2.05, 4.69) is 17.0 Å². The fraction of sp³-hybridized carbons (Fsp3) is 0.471. The molecule has 0 N–H and O–H groups in total. The number of ketones is 1. The molecule has 1 fully saturated rings. The minimum absolute atomic E-state index is 0.191. The van der Waals surface area contributed by atoms with Crippen molar-refractivity contribution in [2.45, 2.75) is 31.2 Å².